The van der Waals surface area contributed by atoms with Crippen molar-refractivity contribution in [1.29, 1.82) is 0 Å². The van der Waals surface area contributed by atoms with E-state index in [1.165, 1.54) is 4.90 Å². The first kappa shape index (κ1) is 20.7. The van der Waals surface area contributed by atoms with Gasteiger partial charge in [0.05, 0.1) is 31.0 Å². The molecule has 0 radical (unpaired) electrons. The highest BCUT2D eigenvalue weighted by Crippen LogP contribution is 2.22. The number of amides is 2. The number of hydrogen-bond donors (Lipinski definition) is 1. The zero-order valence-corrected chi connectivity index (χ0v) is 16.4. The summed E-state index contributed by atoms with van der Waals surface area (Å²) in [4.78, 5) is 26.2. The standard InChI is InChI=1S/C20H23ClN2O4/c1-4-27-13-15-11-14(9-10-18(15)26-3)20(25)23(2)12-19(24)22-17-8-6-5-7-16(17)21/h5-11H,4,12-13H2,1-3H3,(H,22,24). The third kappa shape index (κ3) is 5.70. The molecule has 1 N–H and O–H groups in total. The average Bonchev–Trinajstić information content (AvgIpc) is 2.67. The maximum absolute atomic E-state index is 12.7. The summed E-state index contributed by atoms with van der Waals surface area (Å²) < 4.78 is 10.7. The third-order valence-corrected chi connectivity index (χ3v) is 4.19. The van der Waals surface area contributed by atoms with E-state index < -0.39 is 0 Å². The molecular formula is C20H23ClN2O4. The first-order chi connectivity index (χ1) is 13.0. The molecule has 0 unspecified atom stereocenters. The Morgan fingerprint density at radius 2 is 1.93 bits per heavy atom. The average molecular weight is 391 g/mol. The van der Waals surface area contributed by atoms with Crippen LogP contribution in [0.3, 0.4) is 0 Å². The normalized spacial score (nSPS) is 10.4. The number of hydrogen-bond acceptors (Lipinski definition) is 4. The second-order valence-electron chi connectivity index (χ2n) is 5.85. The summed E-state index contributed by atoms with van der Waals surface area (Å²) in [5.41, 5.74) is 1.74. The highest BCUT2D eigenvalue weighted by molar-refractivity contribution is 6.33. The minimum atomic E-state index is -0.331. The van der Waals surface area contributed by atoms with Crippen molar-refractivity contribution in [1.82, 2.24) is 4.90 Å². The molecule has 0 aliphatic heterocycles. The molecule has 0 fully saturated rings. The van der Waals surface area contributed by atoms with E-state index in [2.05, 4.69) is 5.32 Å². The zero-order valence-electron chi connectivity index (χ0n) is 15.6. The van der Waals surface area contributed by atoms with Crippen molar-refractivity contribution < 1.29 is 19.1 Å². The Balaban J connectivity index is 2.05. The lowest BCUT2D eigenvalue weighted by Crippen LogP contribution is -2.35. The Kier molecular flexibility index (Phi) is 7.64. The Labute approximate surface area is 164 Å². The lowest BCUT2D eigenvalue weighted by molar-refractivity contribution is -0.116. The maximum atomic E-state index is 12.7. The Morgan fingerprint density at radius 3 is 2.59 bits per heavy atom. The second-order valence-corrected chi connectivity index (χ2v) is 6.26. The van der Waals surface area contributed by atoms with Crippen LogP contribution in [-0.2, 0) is 16.1 Å². The molecule has 0 saturated heterocycles. The number of halogens is 1. The number of benzene rings is 2. The van der Waals surface area contributed by atoms with Crippen LogP contribution in [0.2, 0.25) is 5.02 Å². The number of carbonyl (C=O) groups excluding carboxylic acids is 2. The van der Waals surface area contributed by atoms with Crippen LogP contribution in [0.15, 0.2) is 42.5 Å². The second kappa shape index (κ2) is 9.94. The fraction of sp³-hybridized carbons (Fsp3) is 0.300. The smallest absolute Gasteiger partial charge is 0.254 e. The molecule has 2 aromatic rings. The van der Waals surface area contributed by atoms with E-state index in [4.69, 9.17) is 21.1 Å². The number of anilines is 1. The highest BCUT2D eigenvalue weighted by atomic mass is 35.5. The van der Waals surface area contributed by atoms with E-state index in [0.29, 0.717) is 35.2 Å². The van der Waals surface area contributed by atoms with E-state index >= 15 is 0 Å². The van der Waals surface area contributed by atoms with Crippen molar-refractivity contribution in [3.63, 3.8) is 0 Å². The number of methoxy groups -OCH3 is 1. The van der Waals surface area contributed by atoms with E-state index in [9.17, 15) is 9.59 Å². The van der Waals surface area contributed by atoms with Gasteiger partial charge in [0, 0.05) is 24.8 Å². The first-order valence-electron chi connectivity index (χ1n) is 8.50. The van der Waals surface area contributed by atoms with Crippen molar-refractivity contribution >= 4 is 29.1 Å². The predicted molar refractivity (Wildman–Crippen MR) is 105 cm³/mol. The van der Waals surface area contributed by atoms with E-state index in [1.807, 2.05) is 6.92 Å². The molecule has 0 spiro atoms. The molecule has 27 heavy (non-hydrogen) atoms. The van der Waals surface area contributed by atoms with Gasteiger partial charge in [-0.25, -0.2) is 0 Å². The molecule has 0 heterocycles. The molecule has 0 bridgehead atoms. The molecule has 2 amide bonds. The molecular weight excluding hydrogens is 368 g/mol. The summed E-state index contributed by atoms with van der Waals surface area (Å²) in [7, 11) is 3.14. The topological polar surface area (TPSA) is 67.9 Å². The molecule has 0 atom stereocenters. The lowest BCUT2D eigenvalue weighted by atomic mass is 10.1. The van der Waals surface area contributed by atoms with Crippen molar-refractivity contribution in [2.24, 2.45) is 0 Å². The van der Waals surface area contributed by atoms with Crippen LogP contribution >= 0.6 is 11.6 Å². The summed E-state index contributed by atoms with van der Waals surface area (Å²) >= 11 is 6.03. The van der Waals surface area contributed by atoms with Crippen LogP contribution in [0.25, 0.3) is 0 Å². The minimum absolute atomic E-state index is 0.100. The number of nitrogens with zero attached hydrogens (tertiary/aromatic N) is 1. The zero-order chi connectivity index (χ0) is 19.8. The summed E-state index contributed by atoms with van der Waals surface area (Å²) in [5.74, 6) is 0.0471. The van der Waals surface area contributed by atoms with Crippen LogP contribution in [0, 0.1) is 0 Å². The Morgan fingerprint density at radius 1 is 1.19 bits per heavy atom. The largest absolute Gasteiger partial charge is 0.496 e. The van der Waals surface area contributed by atoms with Gasteiger partial charge in [0.15, 0.2) is 0 Å². The van der Waals surface area contributed by atoms with Gasteiger partial charge >= 0.3 is 0 Å². The fourth-order valence-electron chi connectivity index (χ4n) is 2.50. The Hall–Kier alpha value is -2.57. The summed E-state index contributed by atoms with van der Waals surface area (Å²) in [6, 6.07) is 12.0. The number of para-hydroxylation sites is 1. The maximum Gasteiger partial charge on any atom is 0.254 e. The number of ether oxygens (including phenoxy) is 2. The van der Waals surface area contributed by atoms with Gasteiger partial charge in [-0.1, -0.05) is 23.7 Å². The third-order valence-electron chi connectivity index (χ3n) is 3.86. The van der Waals surface area contributed by atoms with Crippen molar-refractivity contribution in [3.8, 4) is 5.75 Å². The Bertz CT molecular complexity index is 810. The molecule has 144 valence electrons. The van der Waals surface area contributed by atoms with Gasteiger partial charge in [0.25, 0.3) is 5.91 Å². The number of nitrogens with one attached hydrogen (secondary N) is 1. The van der Waals surface area contributed by atoms with Crippen LogP contribution < -0.4 is 10.1 Å². The summed E-state index contributed by atoms with van der Waals surface area (Å²) in [6.07, 6.45) is 0. The summed E-state index contributed by atoms with van der Waals surface area (Å²) in [6.45, 7) is 2.70. The summed E-state index contributed by atoms with van der Waals surface area (Å²) in [5, 5.41) is 3.14. The van der Waals surface area contributed by atoms with Crippen molar-refractivity contribution in [2.45, 2.75) is 13.5 Å². The van der Waals surface area contributed by atoms with Gasteiger partial charge < -0.3 is 19.7 Å². The van der Waals surface area contributed by atoms with E-state index in [-0.39, 0.29) is 18.4 Å². The number of carbonyl (C=O) groups is 2. The van der Waals surface area contributed by atoms with Crippen LogP contribution in [0.1, 0.15) is 22.8 Å². The molecule has 6 nitrogen and oxygen atoms in total. The molecule has 0 aliphatic rings. The molecule has 0 aliphatic carbocycles. The van der Waals surface area contributed by atoms with Gasteiger partial charge in [-0.05, 0) is 37.3 Å². The number of likely N-dealkylation sites (N-methyl/N-ethyl adjacent to an activating group) is 1. The SMILES string of the molecule is CCOCc1cc(C(=O)N(C)CC(=O)Nc2ccccc2Cl)ccc1OC. The monoisotopic (exact) mass is 390 g/mol. The van der Waals surface area contributed by atoms with E-state index in [1.54, 1.807) is 56.6 Å². The fourth-order valence-corrected chi connectivity index (χ4v) is 2.68. The van der Waals surface area contributed by atoms with E-state index in [0.717, 1.165) is 5.56 Å². The van der Waals surface area contributed by atoms with Crippen LogP contribution in [0.5, 0.6) is 5.75 Å². The molecule has 7 heteroatoms. The van der Waals surface area contributed by atoms with Crippen LogP contribution in [-0.4, -0.2) is 44.0 Å². The highest BCUT2D eigenvalue weighted by Gasteiger charge is 2.17. The first-order valence-corrected chi connectivity index (χ1v) is 8.88. The predicted octanol–water partition coefficient (Wildman–Crippen LogP) is 3.60. The van der Waals surface area contributed by atoms with Gasteiger partial charge in [-0.15, -0.1) is 0 Å². The molecule has 0 saturated carbocycles. The van der Waals surface area contributed by atoms with Crippen molar-refractivity contribution in [2.75, 3.05) is 32.6 Å². The lowest BCUT2D eigenvalue weighted by Gasteiger charge is -2.18. The molecule has 0 aromatic heterocycles. The van der Waals surface area contributed by atoms with Gasteiger partial charge in [-0.3, -0.25) is 9.59 Å². The van der Waals surface area contributed by atoms with Crippen LogP contribution in [0.4, 0.5) is 5.69 Å². The molecule has 2 rings (SSSR count). The van der Waals surface area contributed by atoms with Gasteiger partial charge in [-0.2, -0.15) is 0 Å². The van der Waals surface area contributed by atoms with Gasteiger partial charge in [0.1, 0.15) is 5.75 Å². The minimum Gasteiger partial charge on any atom is -0.496 e. The van der Waals surface area contributed by atoms with Crippen molar-refractivity contribution in [3.05, 3.63) is 58.6 Å². The van der Waals surface area contributed by atoms with Gasteiger partial charge in [0.2, 0.25) is 5.91 Å². The number of rotatable bonds is 8. The quantitative estimate of drug-likeness (QED) is 0.747. The molecule has 2 aromatic carbocycles.